The molecule has 1 aromatic heterocycles. The van der Waals surface area contributed by atoms with Gasteiger partial charge < -0.3 is 15.0 Å². The molecular formula is C30H34F3N5O. The molecule has 0 amide bonds. The molecule has 7 rings (SSSR count). The van der Waals surface area contributed by atoms with Crippen molar-refractivity contribution in [3.63, 3.8) is 0 Å². The van der Waals surface area contributed by atoms with E-state index in [2.05, 4.69) is 20.1 Å². The summed E-state index contributed by atoms with van der Waals surface area (Å²) in [6, 6.07) is 7.45. The molecule has 0 spiro atoms. The molecule has 0 aliphatic carbocycles. The van der Waals surface area contributed by atoms with Crippen molar-refractivity contribution < 1.29 is 17.9 Å². The summed E-state index contributed by atoms with van der Waals surface area (Å²) in [6.45, 7) is 6.66. The second kappa shape index (κ2) is 9.34. The summed E-state index contributed by atoms with van der Waals surface area (Å²) in [5.41, 5.74) is 1.50. The molecule has 9 heteroatoms. The number of alkyl halides is 1. The molecule has 5 heterocycles. The topological polar surface area (TPSA) is 53.5 Å². The lowest BCUT2D eigenvalue weighted by Crippen LogP contribution is -2.51. The van der Waals surface area contributed by atoms with E-state index in [4.69, 9.17) is 9.72 Å². The van der Waals surface area contributed by atoms with Crippen LogP contribution in [0, 0.1) is 25.5 Å². The number of aryl methyl sites for hydroxylation is 2. The van der Waals surface area contributed by atoms with E-state index >= 15 is 8.78 Å². The van der Waals surface area contributed by atoms with Gasteiger partial charge in [0.2, 0.25) is 0 Å². The minimum Gasteiger partial charge on any atom is -0.461 e. The number of ether oxygens (including phenoxy) is 1. The fourth-order valence-electron chi connectivity index (χ4n) is 7.50. The first kappa shape index (κ1) is 25.1. The summed E-state index contributed by atoms with van der Waals surface area (Å²) in [4.78, 5) is 13.8. The molecule has 39 heavy (non-hydrogen) atoms. The van der Waals surface area contributed by atoms with Gasteiger partial charge in [0, 0.05) is 54.7 Å². The van der Waals surface area contributed by atoms with Crippen LogP contribution >= 0.6 is 0 Å². The van der Waals surface area contributed by atoms with Gasteiger partial charge in [-0.1, -0.05) is 12.1 Å². The molecule has 3 aromatic rings. The smallest absolute Gasteiger partial charge is 0.319 e. The van der Waals surface area contributed by atoms with Crippen molar-refractivity contribution >= 4 is 16.7 Å². The Morgan fingerprint density at radius 2 is 1.85 bits per heavy atom. The molecule has 2 unspecified atom stereocenters. The predicted octanol–water partition coefficient (Wildman–Crippen LogP) is 5.09. The standard InChI is InChI=1S/C30H34F3N5O/c1-17-5-3-6-23(32)24(17)25-18(2)11-22-27(26(25)33)35-29(36-28(22)37-14-20-7-8-21(15-37)34-20)39-16-30-9-4-10-38(30)13-19(31)12-30/h3,5-6,11,19-21,34H,4,7-10,12-16H2,1-2H3/t19-,20?,21?,30+/m1/s1. The summed E-state index contributed by atoms with van der Waals surface area (Å²) >= 11 is 0. The third kappa shape index (κ3) is 4.16. The molecule has 4 atom stereocenters. The number of rotatable bonds is 5. The predicted molar refractivity (Wildman–Crippen MR) is 145 cm³/mol. The maximum Gasteiger partial charge on any atom is 0.319 e. The van der Waals surface area contributed by atoms with Gasteiger partial charge in [-0.25, -0.2) is 13.2 Å². The minimum absolute atomic E-state index is 0.0888. The van der Waals surface area contributed by atoms with Gasteiger partial charge in [-0.15, -0.1) is 0 Å². The first-order chi connectivity index (χ1) is 18.8. The van der Waals surface area contributed by atoms with Gasteiger partial charge in [-0.2, -0.15) is 9.97 Å². The number of nitrogens with one attached hydrogen (secondary N) is 1. The summed E-state index contributed by atoms with van der Waals surface area (Å²) < 4.78 is 52.1. The second-order valence-corrected chi connectivity index (χ2v) is 11.9. The first-order valence-electron chi connectivity index (χ1n) is 14.1. The monoisotopic (exact) mass is 537 g/mol. The lowest BCUT2D eigenvalue weighted by atomic mass is 9.93. The number of aromatic nitrogens is 2. The zero-order chi connectivity index (χ0) is 26.9. The highest BCUT2D eigenvalue weighted by atomic mass is 19.1. The highest BCUT2D eigenvalue weighted by Crippen LogP contribution is 2.42. The van der Waals surface area contributed by atoms with Crippen LogP contribution in [-0.4, -0.2) is 71.4 Å². The van der Waals surface area contributed by atoms with Crippen molar-refractivity contribution in [2.24, 2.45) is 0 Å². The van der Waals surface area contributed by atoms with Crippen molar-refractivity contribution in [2.75, 3.05) is 37.7 Å². The van der Waals surface area contributed by atoms with Crippen molar-refractivity contribution in [2.45, 2.75) is 69.7 Å². The molecule has 1 N–H and O–H groups in total. The van der Waals surface area contributed by atoms with Gasteiger partial charge >= 0.3 is 6.01 Å². The Balaban J connectivity index is 1.35. The quantitative estimate of drug-likeness (QED) is 0.490. The zero-order valence-corrected chi connectivity index (χ0v) is 22.4. The average molecular weight is 538 g/mol. The van der Waals surface area contributed by atoms with Gasteiger partial charge in [0.15, 0.2) is 5.82 Å². The number of hydrogen-bond donors (Lipinski definition) is 1. The molecule has 4 aliphatic heterocycles. The molecule has 2 bridgehead atoms. The number of benzene rings is 2. The molecule has 206 valence electrons. The van der Waals surface area contributed by atoms with Crippen molar-refractivity contribution in [3.8, 4) is 17.1 Å². The van der Waals surface area contributed by atoms with Crippen LogP contribution in [0.4, 0.5) is 19.0 Å². The van der Waals surface area contributed by atoms with Gasteiger partial charge in [0.05, 0.1) is 5.54 Å². The summed E-state index contributed by atoms with van der Waals surface area (Å²) in [6.07, 6.45) is 3.62. The van der Waals surface area contributed by atoms with E-state index in [1.54, 1.807) is 26.0 Å². The molecule has 2 aromatic carbocycles. The van der Waals surface area contributed by atoms with Crippen LogP contribution in [0.5, 0.6) is 6.01 Å². The van der Waals surface area contributed by atoms with Crippen molar-refractivity contribution in [1.29, 1.82) is 0 Å². The Hall–Kier alpha value is -2.91. The highest BCUT2D eigenvalue weighted by Gasteiger charge is 2.49. The van der Waals surface area contributed by atoms with E-state index in [1.165, 1.54) is 6.07 Å². The molecular weight excluding hydrogens is 503 g/mol. The Labute approximate surface area is 226 Å². The van der Waals surface area contributed by atoms with E-state index in [0.29, 0.717) is 47.4 Å². The summed E-state index contributed by atoms with van der Waals surface area (Å²) in [5, 5.41) is 4.24. The SMILES string of the molecule is Cc1cccc(F)c1-c1c(C)cc2c(N3CC4CCC(C3)N4)nc(OC[C@@]34CCCN3C[C@H](F)C4)nc2c1F. The van der Waals surface area contributed by atoms with Gasteiger partial charge in [-0.05, 0) is 69.3 Å². The first-order valence-corrected chi connectivity index (χ1v) is 14.1. The normalized spacial score (nSPS) is 28.4. The van der Waals surface area contributed by atoms with Gasteiger partial charge in [-0.3, -0.25) is 4.90 Å². The number of halogens is 3. The van der Waals surface area contributed by atoms with Crippen molar-refractivity contribution in [3.05, 3.63) is 47.0 Å². The van der Waals surface area contributed by atoms with E-state index in [1.807, 2.05) is 6.07 Å². The number of hydrogen-bond acceptors (Lipinski definition) is 6. The van der Waals surface area contributed by atoms with E-state index in [0.717, 1.165) is 45.3 Å². The second-order valence-electron chi connectivity index (χ2n) is 11.9. The van der Waals surface area contributed by atoms with Crippen LogP contribution in [0.3, 0.4) is 0 Å². The lowest BCUT2D eigenvalue weighted by Gasteiger charge is -2.35. The maximum atomic E-state index is 16.5. The third-order valence-corrected chi connectivity index (χ3v) is 9.31. The Morgan fingerprint density at radius 3 is 2.62 bits per heavy atom. The Kier molecular flexibility index (Phi) is 6.00. The molecule has 4 saturated heterocycles. The third-order valence-electron chi connectivity index (χ3n) is 9.31. The molecule has 0 saturated carbocycles. The molecule has 0 radical (unpaired) electrons. The van der Waals surface area contributed by atoms with Crippen LogP contribution < -0.4 is 15.0 Å². The lowest BCUT2D eigenvalue weighted by molar-refractivity contribution is 0.107. The van der Waals surface area contributed by atoms with Gasteiger partial charge in [0.1, 0.15) is 29.9 Å². The number of fused-ring (bicyclic) bond motifs is 4. The van der Waals surface area contributed by atoms with Crippen LogP contribution in [0.15, 0.2) is 24.3 Å². The Bertz CT molecular complexity index is 1420. The molecule has 4 aliphatic rings. The average Bonchev–Trinajstić information content (AvgIpc) is 3.54. The maximum absolute atomic E-state index is 16.5. The fourth-order valence-corrected chi connectivity index (χ4v) is 7.50. The number of piperazine rings is 1. The largest absolute Gasteiger partial charge is 0.461 e. The molecule has 4 fully saturated rings. The van der Waals surface area contributed by atoms with E-state index in [-0.39, 0.29) is 34.8 Å². The molecule has 6 nitrogen and oxygen atoms in total. The number of nitrogens with zero attached hydrogens (tertiary/aromatic N) is 4. The summed E-state index contributed by atoms with van der Waals surface area (Å²) in [7, 11) is 0. The van der Waals surface area contributed by atoms with Crippen LogP contribution in [0.25, 0.3) is 22.0 Å². The zero-order valence-electron chi connectivity index (χ0n) is 22.4. The summed E-state index contributed by atoms with van der Waals surface area (Å²) in [5.74, 6) is -0.402. The van der Waals surface area contributed by atoms with E-state index < -0.39 is 17.8 Å². The van der Waals surface area contributed by atoms with E-state index in [9.17, 15) is 4.39 Å². The highest BCUT2D eigenvalue weighted by molar-refractivity contribution is 5.95. The van der Waals surface area contributed by atoms with Crippen molar-refractivity contribution in [1.82, 2.24) is 20.2 Å². The minimum atomic E-state index is -0.870. The number of anilines is 1. The fraction of sp³-hybridized carbons (Fsp3) is 0.533. The van der Waals surface area contributed by atoms with Gasteiger partial charge in [0.25, 0.3) is 0 Å². The van der Waals surface area contributed by atoms with Crippen LogP contribution in [-0.2, 0) is 0 Å². The van der Waals surface area contributed by atoms with Crippen LogP contribution in [0.1, 0.15) is 43.2 Å². The van der Waals surface area contributed by atoms with Crippen LogP contribution in [0.2, 0.25) is 0 Å². The Morgan fingerprint density at radius 1 is 1.05 bits per heavy atom.